The third-order valence-corrected chi connectivity index (χ3v) is 3.41. The first-order valence-corrected chi connectivity index (χ1v) is 6.86. The van der Waals surface area contributed by atoms with Gasteiger partial charge in [0.05, 0.1) is 22.8 Å². The molecule has 0 radical (unpaired) electrons. The van der Waals surface area contributed by atoms with Gasteiger partial charge in [0.2, 0.25) is 0 Å². The fourth-order valence-corrected chi connectivity index (χ4v) is 1.99. The van der Waals surface area contributed by atoms with Gasteiger partial charge in [-0.15, -0.1) is 5.10 Å². The van der Waals surface area contributed by atoms with E-state index in [0.29, 0.717) is 5.69 Å². The molecule has 0 saturated carbocycles. The SMILES string of the molecule is Cc1nn(C)c(C)c1NC(=O)c1ccc(C(C)(C)C)nn1. The fraction of sp³-hybridized carbons (Fsp3) is 0.467. The fourth-order valence-electron chi connectivity index (χ4n) is 1.99. The van der Waals surface area contributed by atoms with Crippen LogP contribution in [0, 0.1) is 13.8 Å². The summed E-state index contributed by atoms with van der Waals surface area (Å²) in [6.45, 7) is 9.93. The first-order valence-electron chi connectivity index (χ1n) is 6.86. The zero-order valence-corrected chi connectivity index (χ0v) is 13.4. The molecule has 1 N–H and O–H groups in total. The average molecular weight is 287 g/mol. The number of rotatable bonds is 2. The largest absolute Gasteiger partial charge is 0.317 e. The maximum absolute atomic E-state index is 12.2. The molecule has 0 spiro atoms. The van der Waals surface area contributed by atoms with Crippen LogP contribution in [-0.4, -0.2) is 25.9 Å². The van der Waals surface area contributed by atoms with Crippen molar-refractivity contribution in [1.82, 2.24) is 20.0 Å². The highest BCUT2D eigenvalue weighted by Gasteiger charge is 2.18. The van der Waals surface area contributed by atoms with Crippen LogP contribution in [-0.2, 0) is 12.5 Å². The van der Waals surface area contributed by atoms with Crippen LogP contribution >= 0.6 is 0 Å². The quantitative estimate of drug-likeness (QED) is 0.920. The van der Waals surface area contributed by atoms with Crippen LogP contribution in [0.4, 0.5) is 5.69 Å². The second-order valence-corrected chi connectivity index (χ2v) is 6.18. The van der Waals surface area contributed by atoms with Gasteiger partial charge in [-0.05, 0) is 26.0 Å². The summed E-state index contributed by atoms with van der Waals surface area (Å²) in [7, 11) is 1.84. The van der Waals surface area contributed by atoms with E-state index in [-0.39, 0.29) is 11.3 Å². The van der Waals surface area contributed by atoms with Crippen molar-refractivity contribution in [2.75, 3.05) is 5.32 Å². The predicted octanol–water partition coefficient (Wildman–Crippen LogP) is 2.38. The third kappa shape index (κ3) is 3.09. The summed E-state index contributed by atoms with van der Waals surface area (Å²) in [5.74, 6) is -0.276. The number of anilines is 1. The lowest BCUT2D eigenvalue weighted by molar-refractivity contribution is 0.102. The molecule has 2 heterocycles. The van der Waals surface area contributed by atoms with Crippen LogP contribution < -0.4 is 5.32 Å². The molecule has 0 atom stereocenters. The van der Waals surface area contributed by atoms with Gasteiger partial charge in [0.1, 0.15) is 0 Å². The lowest BCUT2D eigenvalue weighted by Gasteiger charge is -2.16. The number of nitrogens with one attached hydrogen (secondary N) is 1. The summed E-state index contributed by atoms with van der Waals surface area (Å²) in [6.07, 6.45) is 0. The van der Waals surface area contributed by atoms with Gasteiger partial charge in [0.25, 0.3) is 5.91 Å². The Bertz CT molecular complexity index is 665. The number of nitrogens with zero attached hydrogens (tertiary/aromatic N) is 4. The molecule has 0 aliphatic heterocycles. The molecule has 0 aliphatic rings. The predicted molar refractivity (Wildman–Crippen MR) is 81.4 cm³/mol. The van der Waals surface area contributed by atoms with Gasteiger partial charge in [-0.25, -0.2) is 0 Å². The summed E-state index contributed by atoms with van der Waals surface area (Å²) in [6, 6.07) is 3.54. The van der Waals surface area contributed by atoms with E-state index in [1.165, 1.54) is 0 Å². The van der Waals surface area contributed by atoms with Crippen molar-refractivity contribution in [2.45, 2.75) is 40.0 Å². The first kappa shape index (κ1) is 15.2. The second-order valence-electron chi connectivity index (χ2n) is 6.18. The summed E-state index contributed by atoms with van der Waals surface area (Å²) in [5.41, 5.74) is 3.48. The molecule has 2 rings (SSSR count). The zero-order valence-electron chi connectivity index (χ0n) is 13.4. The minimum absolute atomic E-state index is 0.0848. The van der Waals surface area contributed by atoms with E-state index in [9.17, 15) is 4.79 Å². The lowest BCUT2D eigenvalue weighted by Crippen LogP contribution is -2.19. The molecular weight excluding hydrogens is 266 g/mol. The average Bonchev–Trinajstić information content (AvgIpc) is 2.64. The highest BCUT2D eigenvalue weighted by atomic mass is 16.1. The molecule has 0 saturated heterocycles. The van der Waals surface area contributed by atoms with Gasteiger partial charge >= 0.3 is 0 Å². The summed E-state index contributed by atoms with van der Waals surface area (Å²) in [4.78, 5) is 12.2. The van der Waals surface area contributed by atoms with Crippen molar-refractivity contribution >= 4 is 11.6 Å². The Balaban J connectivity index is 2.21. The van der Waals surface area contributed by atoms with Gasteiger partial charge in [0.15, 0.2) is 5.69 Å². The molecule has 21 heavy (non-hydrogen) atoms. The number of aryl methyl sites for hydroxylation is 2. The summed E-state index contributed by atoms with van der Waals surface area (Å²) < 4.78 is 1.74. The Hall–Kier alpha value is -2.24. The van der Waals surface area contributed by atoms with E-state index in [1.807, 2.05) is 27.0 Å². The molecule has 0 bridgehead atoms. The van der Waals surface area contributed by atoms with Crippen LogP contribution in [0.3, 0.4) is 0 Å². The van der Waals surface area contributed by atoms with Crippen molar-refractivity contribution in [3.8, 4) is 0 Å². The topological polar surface area (TPSA) is 72.7 Å². The van der Waals surface area contributed by atoms with Gasteiger partial charge in [0, 0.05) is 12.5 Å². The third-order valence-electron chi connectivity index (χ3n) is 3.41. The number of hydrogen-bond acceptors (Lipinski definition) is 4. The van der Waals surface area contributed by atoms with Crippen molar-refractivity contribution < 1.29 is 4.79 Å². The summed E-state index contributed by atoms with van der Waals surface area (Å²) in [5, 5.41) is 15.3. The van der Waals surface area contributed by atoms with Crippen molar-refractivity contribution in [3.63, 3.8) is 0 Å². The molecule has 0 aliphatic carbocycles. The highest BCUT2D eigenvalue weighted by Crippen LogP contribution is 2.20. The zero-order chi connectivity index (χ0) is 15.8. The number of carbonyl (C=O) groups excluding carboxylic acids is 1. The minimum Gasteiger partial charge on any atom is -0.317 e. The molecular formula is C15H21N5O. The van der Waals surface area contributed by atoms with Crippen LogP contribution in [0.5, 0.6) is 0 Å². The van der Waals surface area contributed by atoms with E-state index < -0.39 is 0 Å². The van der Waals surface area contributed by atoms with Crippen LogP contribution in [0.15, 0.2) is 12.1 Å². The van der Waals surface area contributed by atoms with E-state index in [0.717, 1.165) is 22.8 Å². The van der Waals surface area contributed by atoms with E-state index in [4.69, 9.17) is 0 Å². The van der Waals surface area contributed by atoms with Crippen LogP contribution in [0.25, 0.3) is 0 Å². The Morgan fingerprint density at radius 3 is 2.29 bits per heavy atom. The van der Waals surface area contributed by atoms with Gasteiger partial charge in [-0.1, -0.05) is 20.8 Å². The molecule has 0 fully saturated rings. The summed E-state index contributed by atoms with van der Waals surface area (Å²) >= 11 is 0. The Morgan fingerprint density at radius 1 is 1.19 bits per heavy atom. The number of carbonyl (C=O) groups is 1. The minimum atomic E-state index is -0.276. The molecule has 2 aromatic heterocycles. The molecule has 6 heteroatoms. The number of hydrogen-bond donors (Lipinski definition) is 1. The standard InChI is InChI=1S/C15H21N5O/c1-9-13(10(2)20(6)19-9)16-14(21)11-7-8-12(18-17-11)15(3,4)5/h7-8H,1-6H3,(H,16,21). The van der Waals surface area contributed by atoms with Crippen molar-refractivity contribution in [1.29, 1.82) is 0 Å². The molecule has 0 unspecified atom stereocenters. The normalized spacial score (nSPS) is 11.5. The second kappa shape index (κ2) is 5.27. The van der Waals surface area contributed by atoms with Crippen molar-refractivity contribution in [2.24, 2.45) is 7.05 Å². The van der Waals surface area contributed by atoms with E-state index in [1.54, 1.807) is 10.7 Å². The smallest absolute Gasteiger partial charge is 0.276 e. The molecule has 1 amide bonds. The van der Waals surface area contributed by atoms with Crippen molar-refractivity contribution in [3.05, 3.63) is 34.9 Å². The maximum atomic E-state index is 12.2. The Labute approximate surface area is 124 Å². The Kier molecular flexibility index (Phi) is 3.80. The Morgan fingerprint density at radius 2 is 1.86 bits per heavy atom. The van der Waals surface area contributed by atoms with Gasteiger partial charge in [-0.2, -0.15) is 10.2 Å². The van der Waals surface area contributed by atoms with E-state index in [2.05, 4.69) is 41.4 Å². The molecule has 2 aromatic rings. The van der Waals surface area contributed by atoms with E-state index >= 15 is 0 Å². The molecule has 112 valence electrons. The van der Waals surface area contributed by atoms with Gasteiger partial charge < -0.3 is 5.32 Å². The first-order chi connectivity index (χ1) is 9.70. The molecule has 0 aromatic carbocycles. The maximum Gasteiger partial charge on any atom is 0.276 e. The lowest BCUT2D eigenvalue weighted by atomic mass is 9.92. The monoisotopic (exact) mass is 287 g/mol. The molecule has 6 nitrogen and oxygen atoms in total. The number of amides is 1. The van der Waals surface area contributed by atoms with Crippen LogP contribution in [0.2, 0.25) is 0 Å². The highest BCUT2D eigenvalue weighted by molar-refractivity contribution is 6.03. The number of aromatic nitrogens is 4. The van der Waals surface area contributed by atoms with Gasteiger partial charge in [-0.3, -0.25) is 9.48 Å². The van der Waals surface area contributed by atoms with Crippen LogP contribution in [0.1, 0.15) is 48.3 Å².